The Labute approximate surface area is 158 Å². The third-order valence-corrected chi connectivity index (χ3v) is 6.04. The van der Waals surface area contributed by atoms with Crippen LogP contribution in [0.25, 0.3) is 0 Å². The molecule has 27 heavy (non-hydrogen) atoms. The average molecular weight is 396 g/mol. The first-order valence-electron chi connectivity index (χ1n) is 8.82. The van der Waals surface area contributed by atoms with E-state index in [2.05, 4.69) is 10.3 Å². The van der Waals surface area contributed by atoms with Crippen molar-refractivity contribution in [3.63, 3.8) is 0 Å². The highest BCUT2D eigenvalue weighted by Crippen LogP contribution is 2.17. The predicted molar refractivity (Wildman–Crippen MR) is 96.8 cm³/mol. The molecule has 0 unspecified atom stereocenters. The Morgan fingerprint density at radius 3 is 2.67 bits per heavy atom. The second-order valence-electron chi connectivity index (χ2n) is 6.41. The van der Waals surface area contributed by atoms with E-state index in [9.17, 15) is 22.8 Å². The van der Waals surface area contributed by atoms with E-state index in [0.29, 0.717) is 25.7 Å². The van der Waals surface area contributed by atoms with E-state index in [1.54, 1.807) is 12.1 Å². The molecule has 0 saturated carbocycles. The maximum Gasteiger partial charge on any atom is 0.260 e. The Bertz CT molecular complexity index is 782. The van der Waals surface area contributed by atoms with E-state index < -0.39 is 22.0 Å². The first kappa shape index (κ1) is 21.0. The van der Waals surface area contributed by atoms with Crippen LogP contribution in [0.5, 0.6) is 0 Å². The van der Waals surface area contributed by atoms with Crippen molar-refractivity contribution in [1.82, 2.24) is 14.6 Å². The smallest absolute Gasteiger partial charge is 0.260 e. The zero-order valence-electron chi connectivity index (χ0n) is 15.0. The molecule has 148 valence electrons. The summed E-state index contributed by atoms with van der Waals surface area (Å²) >= 11 is 0. The Morgan fingerprint density at radius 2 is 2.00 bits per heavy atom. The third-order valence-electron chi connectivity index (χ3n) is 4.28. The van der Waals surface area contributed by atoms with Gasteiger partial charge in [-0.25, -0.2) is 13.4 Å². The minimum atomic E-state index is -3.85. The zero-order valence-corrected chi connectivity index (χ0v) is 15.8. The lowest BCUT2D eigenvalue weighted by Crippen LogP contribution is -2.44. The van der Waals surface area contributed by atoms with Gasteiger partial charge in [0, 0.05) is 25.6 Å². The van der Waals surface area contributed by atoms with Gasteiger partial charge in [-0.05, 0) is 37.8 Å². The summed E-state index contributed by atoms with van der Waals surface area (Å²) in [5.74, 6) is -1.06. The second-order valence-corrected chi connectivity index (χ2v) is 8.29. The number of nitrogens with one attached hydrogen (secondary N) is 1. The van der Waals surface area contributed by atoms with Gasteiger partial charge in [-0.1, -0.05) is 6.07 Å². The first-order valence-corrected chi connectivity index (χ1v) is 10.3. The van der Waals surface area contributed by atoms with Crippen LogP contribution in [0.15, 0.2) is 29.4 Å². The largest absolute Gasteiger partial charge is 0.370 e. The standard InChI is InChI=1S/C17H24N4O5S/c18-15(23)7-1-2-8-16(24)20-13-6-5-11-21(12-14(13)22)27(25,26)17-9-3-4-10-19-17/h3-4,9-10,13H,1-2,5-8,11-12H2,(H2,18,23)(H,20,24)/t13-/m0/s1. The van der Waals surface area contributed by atoms with E-state index >= 15 is 0 Å². The number of hydrogen-bond donors (Lipinski definition) is 2. The number of carbonyl (C=O) groups is 3. The molecule has 1 aliphatic heterocycles. The molecule has 9 nitrogen and oxygen atoms in total. The predicted octanol–water partition coefficient (Wildman–Crippen LogP) is -0.0343. The fraction of sp³-hybridized carbons (Fsp3) is 0.529. The maximum atomic E-state index is 12.6. The van der Waals surface area contributed by atoms with Gasteiger partial charge < -0.3 is 11.1 Å². The molecule has 10 heteroatoms. The molecule has 0 spiro atoms. The monoisotopic (exact) mass is 396 g/mol. The lowest BCUT2D eigenvalue weighted by molar-refractivity contribution is -0.127. The molecule has 1 saturated heterocycles. The van der Waals surface area contributed by atoms with E-state index in [1.807, 2.05) is 0 Å². The van der Waals surface area contributed by atoms with Gasteiger partial charge in [0.05, 0.1) is 12.6 Å². The quantitative estimate of drug-likeness (QED) is 0.591. The molecule has 0 radical (unpaired) electrons. The highest BCUT2D eigenvalue weighted by molar-refractivity contribution is 7.89. The highest BCUT2D eigenvalue weighted by Gasteiger charge is 2.33. The topological polar surface area (TPSA) is 140 Å². The van der Waals surface area contributed by atoms with Gasteiger partial charge >= 0.3 is 0 Å². The van der Waals surface area contributed by atoms with Crippen molar-refractivity contribution in [2.75, 3.05) is 13.1 Å². The number of amides is 2. The minimum Gasteiger partial charge on any atom is -0.370 e. The molecule has 2 rings (SSSR count). The van der Waals surface area contributed by atoms with Crippen molar-refractivity contribution >= 4 is 27.6 Å². The van der Waals surface area contributed by atoms with Crippen LogP contribution in [-0.4, -0.2) is 54.4 Å². The van der Waals surface area contributed by atoms with Crippen molar-refractivity contribution in [3.8, 4) is 0 Å². The van der Waals surface area contributed by atoms with Crippen LogP contribution in [0.4, 0.5) is 0 Å². The summed E-state index contributed by atoms with van der Waals surface area (Å²) < 4.78 is 26.4. The van der Waals surface area contributed by atoms with Gasteiger partial charge in [0.1, 0.15) is 0 Å². The van der Waals surface area contributed by atoms with Crippen molar-refractivity contribution in [2.45, 2.75) is 49.6 Å². The van der Waals surface area contributed by atoms with Crippen LogP contribution < -0.4 is 11.1 Å². The molecule has 1 aliphatic rings. The second kappa shape index (κ2) is 9.56. The SMILES string of the molecule is NC(=O)CCCCC(=O)N[C@H]1CCCN(S(=O)(=O)c2ccccn2)CC1=O. The fourth-order valence-corrected chi connectivity index (χ4v) is 4.21. The van der Waals surface area contributed by atoms with Gasteiger partial charge in [-0.3, -0.25) is 14.4 Å². The summed E-state index contributed by atoms with van der Waals surface area (Å²) in [5.41, 5.74) is 5.04. The number of Topliss-reactive ketones (excluding diaryl/α,β-unsaturated/α-hetero) is 1. The maximum absolute atomic E-state index is 12.6. The number of primary amides is 1. The molecular weight excluding hydrogens is 372 g/mol. The van der Waals surface area contributed by atoms with E-state index in [4.69, 9.17) is 5.73 Å². The molecule has 1 atom stereocenters. The molecule has 1 aromatic rings. The first-order chi connectivity index (χ1) is 12.8. The number of carbonyl (C=O) groups excluding carboxylic acids is 3. The van der Waals surface area contributed by atoms with Crippen molar-refractivity contribution in [3.05, 3.63) is 24.4 Å². The lowest BCUT2D eigenvalue weighted by Gasteiger charge is -2.19. The lowest BCUT2D eigenvalue weighted by atomic mass is 10.1. The third kappa shape index (κ3) is 6.10. The minimum absolute atomic E-state index is 0.102. The number of ketones is 1. The molecule has 0 aromatic carbocycles. The number of hydrogen-bond acceptors (Lipinski definition) is 6. The Kier molecular flexibility index (Phi) is 7.43. The number of sulfonamides is 1. The van der Waals surface area contributed by atoms with Gasteiger partial charge in [-0.15, -0.1) is 0 Å². The van der Waals surface area contributed by atoms with Gasteiger partial charge in [0.25, 0.3) is 10.0 Å². The van der Waals surface area contributed by atoms with Crippen LogP contribution in [0.1, 0.15) is 38.5 Å². The van der Waals surface area contributed by atoms with Crippen molar-refractivity contribution < 1.29 is 22.8 Å². The highest BCUT2D eigenvalue weighted by atomic mass is 32.2. The molecule has 1 fully saturated rings. The summed E-state index contributed by atoms with van der Waals surface area (Å²) in [7, 11) is -3.85. The molecule has 3 N–H and O–H groups in total. The summed E-state index contributed by atoms with van der Waals surface area (Å²) in [6, 6.07) is 3.86. The Balaban J connectivity index is 1.92. The number of unbranched alkanes of at least 4 members (excludes halogenated alkanes) is 1. The van der Waals surface area contributed by atoms with Gasteiger partial charge in [0.2, 0.25) is 11.8 Å². The van der Waals surface area contributed by atoms with E-state index in [1.165, 1.54) is 12.3 Å². The van der Waals surface area contributed by atoms with Gasteiger partial charge in [0.15, 0.2) is 10.8 Å². The van der Waals surface area contributed by atoms with Gasteiger partial charge in [-0.2, -0.15) is 4.31 Å². The van der Waals surface area contributed by atoms with Crippen molar-refractivity contribution in [2.24, 2.45) is 5.73 Å². The summed E-state index contributed by atoms with van der Waals surface area (Å²) in [6.07, 6.45) is 3.62. The van der Waals surface area contributed by atoms with E-state index in [0.717, 1.165) is 4.31 Å². The van der Waals surface area contributed by atoms with Crippen LogP contribution in [-0.2, 0) is 24.4 Å². The Hall–Kier alpha value is -2.33. The van der Waals surface area contributed by atoms with Crippen LogP contribution in [0.3, 0.4) is 0 Å². The molecule has 2 heterocycles. The summed E-state index contributed by atoms with van der Waals surface area (Å²) in [6.45, 7) is -0.110. The number of nitrogens with zero attached hydrogens (tertiary/aromatic N) is 2. The number of aromatic nitrogens is 1. The summed E-state index contributed by atoms with van der Waals surface area (Å²) in [5, 5.41) is 2.56. The van der Waals surface area contributed by atoms with Crippen molar-refractivity contribution in [1.29, 1.82) is 0 Å². The van der Waals surface area contributed by atoms with E-state index in [-0.39, 0.29) is 42.6 Å². The molecule has 0 aliphatic carbocycles. The normalized spacial score (nSPS) is 18.7. The van der Waals surface area contributed by atoms with Crippen LogP contribution >= 0.6 is 0 Å². The molecule has 2 amide bonds. The number of rotatable bonds is 8. The average Bonchev–Trinajstić information content (AvgIpc) is 2.81. The number of pyridine rings is 1. The fourth-order valence-electron chi connectivity index (χ4n) is 2.84. The van der Waals surface area contributed by atoms with Crippen LogP contribution in [0, 0.1) is 0 Å². The summed E-state index contributed by atoms with van der Waals surface area (Å²) in [4.78, 5) is 39.0. The molecule has 0 bridgehead atoms. The molecule has 1 aromatic heterocycles. The molecular formula is C17H24N4O5S. The zero-order chi connectivity index (χ0) is 19.9. The Morgan fingerprint density at radius 1 is 1.26 bits per heavy atom. The number of nitrogens with two attached hydrogens (primary N) is 1. The van der Waals surface area contributed by atoms with Crippen LogP contribution in [0.2, 0.25) is 0 Å².